The maximum absolute atomic E-state index is 3.43. The average Bonchev–Trinajstić information content (AvgIpc) is 1.86. The van der Waals surface area contributed by atoms with Crippen LogP contribution >= 0.6 is 15.9 Å². The van der Waals surface area contributed by atoms with E-state index in [0.29, 0.717) is 0 Å². The Balaban J connectivity index is 0.00000121. The zero-order valence-electron chi connectivity index (χ0n) is 7.19. The summed E-state index contributed by atoms with van der Waals surface area (Å²) >= 11 is 3.43. The summed E-state index contributed by atoms with van der Waals surface area (Å²) in [4.78, 5) is 0. The zero-order valence-corrected chi connectivity index (χ0v) is 9.77. The van der Waals surface area contributed by atoms with E-state index in [1.807, 2.05) is 0 Å². The summed E-state index contributed by atoms with van der Waals surface area (Å²) < 4.78 is 1.17. The molecule has 0 amide bonds. The van der Waals surface area contributed by atoms with E-state index in [9.17, 15) is 0 Å². The van der Waals surface area contributed by atoms with Crippen LogP contribution in [0.5, 0.6) is 0 Å². The first-order valence-electron chi connectivity index (χ1n) is 3.76. The van der Waals surface area contributed by atoms with Crippen LogP contribution in [0.1, 0.15) is 0 Å². The number of hydrogen-bond acceptors (Lipinski definition) is 0. The maximum Gasteiger partial charge on any atom is 0.316 e. The summed E-state index contributed by atoms with van der Waals surface area (Å²) in [6.45, 7) is 7.07. The van der Waals surface area contributed by atoms with Gasteiger partial charge in [0, 0.05) is 4.47 Å². The Morgan fingerprint density at radius 1 is 1.00 bits per heavy atom. The van der Waals surface area contributed by atoms with Gasteiger partial charge in [0.2, 0.25) is 0 Å². The van der Waals surface area contributed by atoms with Crippen molar-refractivity contribution in [2.24, 2.45) is 0 Å². The predicted molar refractivity (Wildman–Crippen MR) is 65.7 cm³/mol. The van der Waals surface area contributed by atoms with Gasteiger partial charge in [-0.1, -0.05) is 52.9 Å². The van der Waals surface area contributed by atoms with E-state index in [-0.39, 0.29) is 23.1 Å². The Morgan fingerprint density at radius 2 is 1.42 bits per heavy atom. The van der Waals surface area contributed by atoms with Gasteiger partial charge in [0.25, 0.3) is 0 Å². The van der Waals surface area contributed by atoms with Crippen molar-refractivity contribution >= 4 is 52.2 Å². The lowest BCUT2D eigenvalue weighted by Gasteiger charge is -2.15. The molecule has 0 heterocycles. The molecule has 0 saturated carbocycles. The second-order valence-electron chi connectivity index (χ2n) is 3.76. The molecule has 0 radical (unpaired) electrons. The Morgan fingerprint density at radius 3 is 1.75 bits per heavy atom. The lowest BCUT2D eigenvalue weighted by molar-refractivity contribution is 1.64. The molecule has 64 valence electrons. The second-order valence-corrected chi connectivity index (χ2v) is 9.75. The lowest BCUT2D eigenvalue weighted by Crippen LogP contribution is -2.37. The fourth-order valence-electron chi connectivity index (χ4n) is 0.950. The van der Waals surface area contributed by atoms with Crippen molar-refractivity contribution in [1.82, 2.24) is 0 Å². The van der Waals surface area contributed by atoms with Crippen molar-refractivity contribution in [2.45, 2.75) is 19.6 Å². The van der Waals surface area contributed by atoms with Crippen LogP contribution in [0.4, 0.5) is 0 Å². The minimum atomic E-state index is -1.08. The van der Waals surface area contributed by atoms with Crippen LogP contribution in [0.3, 0.4) is 0 Å². The summed E-state index contributed by atoms with van der Waals surface area (Å²) in [5, 5.41) is 1.51. The number of benzene rings is 1. The number of hydrogen-bond donors (Lipinski definition) is 0. The third-order valence-electron chi connectivity index (χ3n) is 1.71. The van der Waals surface area contributed by atoms with E-state index < -0.39 is 8.07 Å². The highest BCUT2D eigenvalue weighted by atomic mass is 79.9. The van der Waals surface area contributed by atoms with Crippen LogP contribution in [0.25, 0.3) is 0 Å². The van der Waals surface area contributed by atoms with Gasteiger partial charge in [-0.15, -0.1) is 0 Å². The average molecular weight is 256 g/mol. The minimum absolute atomic E-state index is 0. The van der Waals surface area contributed by atoms with Crippen LogP contribution in [-0.2, 0) is 0 Å². The SMILES string of the molecule is C[Si](C)(C)c1ccc(Br)cc1.[MgH2]. The van der Waals surface area contributed by atoms with Crippen LogP contribution < -0.4 is 5.19 Å². The van der Waals surface area contributed by atoms with Gasteiger partial charge in [0.1, 0.15) is 0 Å². The topological polar surface area (TPSA) is 0 Å². The third kappa shape index (κ3) is 3.60. The maximum atomic E-state index is 3.43. The van der Waals surface area contributed by atoms with Gasteiger partial charge >= 0.3 is 23.1 Å². The smallest absolute Gasteiger partial charge is 0.0656 e. The van der Waals surface area contributed by atoms with E-state index in [1.54, 1.807) is 0 Å². The highest BCUT2D eigenvalue weighted by molar-refractivity contribution is 9.10. The molecule has 0 spiro atoms. The predicted octanol–water partition coefficient (Wildman–Crippen LogP) is 2.08. The van der Waals surface area contributed by atoms with Crippen molar-refractivity contribution in [3.8, 4) is 0 Å². The van der Waals surface area contributed by atoms with Crippen molar-refractivity contribution in [3.63, 3.8) is 0 Å². The molecule has 3 heteroatoms. The summed E-state index contributed by atoms with van der Waals surface area (Å²) in [5.41, 5.74) is 0. The molecule has 0 aromatic heterocycles. The molecule has 0 aliphatic carbocycles. The highest BCUT2D eigenvalue weighted by Crippen LogP contribution is 2.08. The molecule has 0 nitrogen and oxygen atoms in total. The Bertz CT molecular complexity index is 238. The third-order valence-corrected chi connectivity index (χ3v) is 4.30. The first-order valence-corrected chi connectivity index (χ1v) is 8.05. The minimum Gasteiger partial charge on any atom is -0.0656 e. The molecule has 0 unspecified atom stereocenters. The summed E-state index contributed by atoms with van der Waals surface area (Å²) in [5.74, 6) is 0. The molecule has 0 fully saturated rings. The van der Waals surface area contributed by atoms with E-state index in [1.165, 1.54) is 9.66 Å². The van der Waals surface area contributed by atoms with Crippen LogP contribution in [0.2, 0.25) is 19.6 Å². The Kier molecular flexibility index (Phi) is 5.06. The molecule has 0 saturated heterocycles. The second kappa shape index (κ2) is 4.79. The van der Waals surface area contributed by atoms with E-state index in [0.717, 1.165) is 0 Å². The Labute approximate surface area is 100 Å². The quantitative estimate of drug-likeness (QED) is 0.674. The highest BCUT2D eigenvalue weighted by Gasteiger charge is 2.14. The fraction of sp³-hybridized carbons (Fsp3) is 0.333. The van der Waals surface area contributed by atoms with Gasteiger partial charge in [0.05, 0.1) is 8.07 Å². The molecule has 1 aromatic carbocycles. The summed E-state index contributed by atoms with van der Waals surface area (Å²) in [7, 11) is -1.08. The van der Waals surface area contributed by atoms with Crippen LogP contribution in [0, 0.1) is 0 Å². The molecule has 0 bridgehead atoms. The number of halogens is 1. The zero-order chi connectivity index (χ0) is 8.48. The summed E-state index contributed by atoms with van der Waals surface area (Å²) in [6.07, 6.45) is 0. The molecule has 0 aliphatic rings. The largest absolute Gasteiger partial charge is 0.316 e. The normalized spacial score (nSPS) is 10.7. The first kappa shape index (κ1) is 12.7. The molecule has 0 aliphatic heterocycles. The molecule has 0 N–H and O–H groups in total. The lowest BCUT2D eigenvalue weighted by atomic mass is 10.4. The van der Waals surface area contributed by atoms with E-state index in [2.05, 4.69) is 59.8 Å². The van der Waals surface area contributed by atoms with Crippen LogP contribution in [-0.4, -0.2) is 31.1 Å². The van der Waals surface area contributed by atoms with Gasteiger partial charge in [-0.3, -0.25) is 0 Å². The fourth-order valence-corrected chi connectivity index (χ4v) is 2.38. The van der Waals surface area contributed by atoms with Gasteiger partial charge in [-0.25, -0.2) is 0 Å². The van der Waals surface area contributed by atoms with Crippen LogP contribution in [0.15, 0.2) is 28.7 Å². The Hall–Kier alpha value is 0.683. The van der Waals surface area contributed by atoms with Crippen molar-refractivity contribution < 1.29 is 0 Å². The van der Waals surface area contributed by atoms with Gasteiger partial charge < -0.3 is 0 Å². The van der Waals surface area contributed by atoms with E-state index in [4.69, 9.17) is 0 Å². The van der Waals surface area contributed by atoms with Crippen molar-refractivity contribution in [3.05, 3.63) is 28.7 Å². The van der Waals surface area contributed by atoms with E-state index >= 15 is 0 Å². The number of rotatable bonds is 1. The van der Waals surface area contributed by atoms with Gasteiger partial charge in [0.15, 0.2) is 0 Å². The molecular formula is C9H15BrMgSi. The summed E-state index contributed by atoms with van der Waals surface area (Å²) in [6, 6.07) is 8.67. The molecule has 1 aromatic rings. The van der Waals surface area contributed by atoms with Gasteiger partial charge in [-0.2, -0.15) is 0 Å². The van der Waals surface area contributed by atoms with Gasteiger partial charge in [-0.05, 0) is 12.1 Å². The molecule has 0 atom stereocenters. The van der Waals surface area contributed by atoms with Crippen molar-refractivity contribution in [1.29, 1.82) is 0 Å². The molecule has 12 heavy (non-hydrogen) atoms. The monoisotopic (exact) mass is 254 g/mol. The standard InChI is InChI=1S/C9H13BrSi.Mg.2H/c1-11(2,3)9-6-4-8(10)5-7-9;;;/h4-7H,1-3H3;;;. The van der Waals surface area contributed by atoms with Crippen molar-refractivity contribution in [2.75, 3.05) is 0 Å². The first-order chi connectivity index (χ1) is 5.00. The molecule has 1 rings (SSSR count). The molecular weight excluding hydrogens is 240 g/mol.